The standard InChI is InChI=1S/C7H11N5O3/c1-2-7(3-9-12-5(8)14)4(13)10-6(15)11-7/h3H,2H2,1H3,(H3,8,12,14)(H2,10,11,13,15)/b9-3-/t7-/m0/s1. The maximum atomic E-state index is 11.4. The number of amides is 5. The Morgan fingerprint density at radius 3 is 2.73 bits per heavy atom. The molecule has 0 bridgehead atoms. The molecule has 5 amide bonds. The van der Waals surface area contributed by atoms with E-state index in [4.69, 9.17) is 5.73 Å². The smallest absolute Gasteiger partial charge is 0.332 e. The number of hydrogen-bond donors (Lipinski definition) is 4. The highest BCUT2D eigenvalue weighted by molar-refractivity contribution is 6.16. The number of nitrogens with one attached hydrogen (secondary N) is 3. The van der Waals surface area contributed by atoms with Crippen molar-refractivity contribution >= 4 is 24.2 Å². The van der Waals surface area contributed by atoms with Gasteiger partial charge in [-0.25, -0.2) is 15.0 Å². The van der Waals surface area contributed by atoms with E-state index in [-0.39, 0.29) is 0 Å². The molecular formula is C7H11N5O3. The molecule has 0 aromatic carbocycles. The van der Waals surface area contributed by atoms with Crippen LogP contribution in [-0.2, 0) is 4.79 Å². The normalized spacial score (nSPS) is 25.1. The van der Waals surface area contributed by atoms with Crippen LogP contribution in [0.3, 0.4) is 0 Å². The maximum absolute atomic E-state index is 11.4. The van der Waals surface area contributed by atoms with Gasteiger partial charge in [-0.1, -0.05) is 6.92 Å². The SMILES string of the molecule is CC[C@@]1(/C=N\NC(N)=O)NC(=O)NC1=O. The highest BCUT2D eigenvalue weighted by Gasteiger charge is 2.43. The minimum atomic E-state index is -1.21. The van der Waals surface area contributed by atoms with Gasteiger partial charge in [-0.3, -0.25) is 10.1 Å². The van der Waals surface area contributed by atoms with Crippen molar-refractivity contribution in [3.63, 3.8) is 0 Å². The number of nitrogens with two attached hydrogens (primary N) is 1. The molecule has 0 aromatic rings. The number of carbonyl (C=O) groups is 3. The molecule has 1 rings (SSSR count). The predicted molar refractivity (Wildman–Crippen MR) is 50.9 cm³/mol. The quantitative estimate of drug-likeness (QED) is 0.262. The van der Waals surface area contributed by atoms with E-state index >= 15 is 0 Å². The van der Waals surface area contributed by atoms with E-state index in [0.717, 1.165) is 6.21 Å². The lowest BCUT2D eigenvalue weighted by Gasteiger charge is -2.17. The monoisotopic (exact) mass is 213 g/mol. The zero-order valence-corrected chi connectivity index (χ0v) is 8.03. The summed E-state index contributed by atoms with van der Waals surface area (Å²) < 4.78 is 0. The van der Waals surface area contributed by atoms with Crippen LogP contribution in [0.1, 0.15) is 13.3 Å². The third-order valence-corrected chi connectivity index (χ3v) is 1.99. The van der Waals surface area contributed by atoms with Crippen LogP contribution in [0.5, 0.6) is 0 Å². The largest absolute Gasteiger partial charge is 0.350 e. The molecule has 1 aliphatic rings. The number of hydrazone groups is 1. The van der Waals surface area contributed by atoms with Gasteiger partial charge in [0.1, 0.15) is 0 Å². The molecule has 5 N–H and O–H groups in total. The number of nitrogens with zero attached hydrogens (tertiary/aromatic N) is 1. The summed E-state index contributed by atoms with van der Waals surface area (Å²) in [5.41, 5.74) is 5.51. The molecule has 0 unspecified atom stereocenters. The van der Waals surface area contributed by atoms with E-state index in [1.807, 2.05) is 5.43 Å². The Morgan fingerprint density at radius 2 is 2.33 bits per heavy atom. The van der Waals surface area contributed by atoms with Crippen LogP contribution in [0, 0.1) is 0 Å². The van der Waals surface area contributed by atoms with Gasteiger partial charge < -0.3 is 11.1 Å². The first kappa shape index (κ1) is 11.0. The van der Waals surface area contributed by atoms with Gasteiger partial charge >= 0.3 is 12.1 Å². The molecule has 1 saturated heterocycles. The summed E-state index contributed by atoms with van der Waals surface area (Å²) >= 11 is 0. The van der Waals surface area contributed by atoms with Crippen molar-refractivity contribution in [1.29, 1.82) is 0 Å². The minimum Gasteiger partial charge on any atom is -0.350 e. The summed E-state index contributed by atoms with van der Waals surface area (Å²) in [6, 6.07) is -1.44. The molecule has 1 heterocycles. The first-order chi connectivity index (χ1) is 7.00. The minimum absolute atomic E-state index is 0.314. The van der Waals surface area contributed by atoms with E-state index in [1.54, 1.807) is 6.92 Å². The molecular weight excluding hydrogens is 202 g/mol. The van der Waals surface area contributed by atoms with Crippen LogP contribution >= 0.6 is 0 Å². The second-order valence-electron chi connectivity index (χ2n) is 2.97. The number of primary amides is 1. The van der Waals surface area contributed by atoms with E-state index in [2.05, 4.69) is 15.7 Å². The number of rotatable bonds is 3. The lowest BCUT2D eigenvalue weighted by Crippen LogP contribution is -2.48. The molecule has 0 saturated carbocycles. The fourth-order valence-corrected chi connectivity index (χ4v) is 1.14. The molecule has 82 valence electrons. The topological polar surface area (TPSA) is 126 Å². The van der Waals surface area contributed by atoms with Gasteiger partial charge in [0.05, 0.1) is 6.21 Å². The number of hydrogen-bond acceptors (Lipinski definition) is 4. The molecule has 8 nitrogen and oxygen atoms in total. The molecule has 0 aliphatic carbocycles. The summed E-state index contributed by atoms with van der Waals surface area (Å²) in [5, 5.41) is 7.93. The average Bonchev–Trinajstić information content (AvgIpc) is 2.41. The second kappa shape index (κ2) is 3.95. The Hall–Kier alpha value is -2.12. The van der Waals surface area contributed by atoms with E-state index in [0.29, 0.717) is 6.42 Å². The van der Waals surface area contributed by atoms with Crippen LogP contribution in [-0.4, -0.2) is 29.7 Å². The zero-order valence-electron chi connectivity index (χ0n) is 8.03. The Balaban J connectivity index is 2.77. The molecule has 0 aromatic heterocycles. The van der Waals surface area contributed by atoms with Gasteiger partial charge in [0.15, 0.2) is 5.54 Å². The van der Waals surface area contributed by atoms with Crippen molar-refractivity contribution in [1.82, 2.24) is 16.1 Å². The molecule has 0 spiro atoms. The zero-order chi connectivity index (χ0) is 11.5. The fraction of sp³-hybridized carbons (Fsp3) is 0.429. The Kier molecular flexibility index (Phi) is 2.88. The van der Waals surface area contributed by atoms with Crippen molar-refractivity contribution in [2.45, 2.75) is 18.9 Å². The Morgan fingerprint density at radius 1 is 1.67 bits per heavy atom. The number of carbonyl (C=O) groups excluding carboxylic acids is 3. The van der Waals surface area contributed by atoms with E-state index in [9.17, 15) is 14.4 Å². The number of imide groups is 1. The summed E-state index contributed by atoms with van der Waals surface area (Å²) in [7, 11) is 0. The van der Waals surface area contributed by atoms with Crippen molar-refractivity contribution in [3.8, 4) is 0 Å². The summed E-state index contributed by atoms with van der Waals surface area (Å²) in [6.07, 6.45) is 1.45. The fourth-order valence-electron chi connectivity index (χ4n) is 1.14. The van der Waals surface area contributed by atoms with Crippen molar-refractivity contribution in [2.24, 2.45) is 10.8 Å². The second-order valence-corrected chi connectivity index (χ2v) is 2.97. The lowest BCUT2D eigenvalue weighted by atomic mass is 9.99. The van der Waals surface area contributed by atoms with Crippen LogP contribution in [0.2, 0.25) is 0 Å². The third kappa shape index (κ3) is 2.22. The van der Waals surface area contributed by atoms with Crippen molar-refractivity contribution in [2.75, 3.05) is 0 Å². The van der Waals surface area contributed by atoms with E-state index < -0.39 is 23.5 Å². The molecule has 8 heteroatoms. The van der Waals surface area contributed by atoms with E-state index in [1.165, 1.54) is 0 Å². The average molecular weight is 213 g/mol. The number of urea groups is 2. The molecule has 1 fully saturated rings. The summed E-state index contributed by atoms with van der Waals surface area (Å²) in [4.78, 5) is 32.6. The summed E-state index contributed by atoms with van der Waals surface area (Å²) in [6.45, 7) is 1.70. The molecule has 15 heavy (non-hydrogen) atoms. The van der Waals surface area contributed by atoms with Gasteiger partial charge in [-0.05, 0) is 6.42 Å². The van der Waals surface area contributed by atoms with Crippen molar-refractivity contribution < 1.29 is 14.4 Å². The molecule has 0 radical (unpaired) electrons. The Bertz CT molecular complexity index is 340. The first-order valence-electron chi connectivity index (χ1n) is 4.23. The van der Waals surface area contributed by atoms with Gasteiger partial charge in [0.2, 0.25) is 0 Å². The molecule has 1 aliphatic heterocycles. The third-order valence-electron chi connectivity index (χ3n) is 1.99. The maximum Gasteiger partial charge on any atom is 0.332 e. The van der Waals surface area contributed by atoms with Gasteiger partial charge in [-0.2, -0.15) is 5.10 Å². The van der Waals surface area contributed by atoms with Crippen LogP contribution in [0.15, 0.2) is 5.10 Å². The highest BCUT2D eigenvalue weighted by atomic mass is 16.2. The highest BCUT2D eigenvalue weighted by Crippen LogP contribution is 2.12. The first-order valence-corrected chi connectivity index (χ1v) is 4.23. The molecule has 1 atom stereocenters. The van der Waals surface area contributed by atoms with Gasteiger partial charge in [-0.15, -0.1) is 0 Å². The lowest BCUT2D eigenvalue weighted by molar-refractivity contribution is -0.121. The summed E-state index contributed by atoms with van der Waals surface area (Å²) in [5.74, 6) is -0.509. The van der Waals surface area contributed by atoms with Gasteiger partial charge in [0.25, 0.3) is 5.91 Å². The predicted octanol–water partition coefficient (Wildman–Crippen LogP) is -1.37. The van der Waals surface area contributed by atoms with Crippen LogP contribution < -0.4 is 21.8 Å². The Labute approximate surface area is 85.3 Å². The van der Waals surface area contributed by atoms with Gasteiger partial charge in [0, 0.05) is 0 Å². The van der Waals surface area contributed by atoms with Crippen LogP contribution in [0.25, 0.3) is 0 Å². The van der Waals surface area contributed by atoms with Crippen LogP contribution in [0.4, 0.5) is 9.59 Å². The van der Waals surface area contributed by atoms with Crippen molar-refractivity contribution in [3.05, 3.63) is 0 Å².